The normalized spacial score (nSPS) is 17.2. The molecule has 152 valence electrons. The number of hydrogen-bond acceptors (Lipinski definition) is 4. The average molecular weight is 411 g/mol. The van der Waals surface area contributed by atoms with Gasteiger partial charge < -0.3 is 9.47 Å². The second kappa shape index (κ2) is 6.76. The Hall–Kier alpha value is -2.54. The van der Waals surface area contributed by atoms with Gasteiger partial charge >= 0.3 is 0 Å². The molecule has 7 heteroatoms. The molecular weight excluding hydrogens is 384 g/mol. The summed E-state index contributed by atoms with van der Waals surface area (Å²) in [6.45, 7) is 1.03. The van der Waals surface area contributed by atoms with Crippen molar-refractivity contribution in [1.82, 2.24) is 9.55 Å². The Labute approximate surface area is 171 Å². The predicted molar refractivity (Wildman–Crippen MR) is 118 cm³/mol. The minimum Gasteiger partial charge on any atom is -0.374 e. The van der Waals surface area contributed by atoms with Gasteiger partial charge in [-0.05, 0) is 42.5 Å². The first-order chi connectivity index (χ1) is 13.9. The molecule has 0 bridgehead atoms. The molecule has 0 saturated heterocycles. The van der Waals surface area contributed by atoms with E-state index in [-0.39, 0.29) is 5.25 Å². The van der Waals surface area contributed by atoms with Crippen LogP contribution in [0.3, 0.4) is 0 Å². The van der Waals surface area contributed by atoms with Crippen molar-refractivity contribution < 1.29 is 8.42 Å². The van der Waals surface area contributed by atoms with E-state index >= 15 is 0 Å². The molecule has 0 atom stereocenters. The van der Waals surface area contributed by atoms with Crippen LogP contribution in [0.15, 0.2) is 36.7 Å². The zero-order chi connectivity index (χ0) is 20.2. The molecule has 1 aliphatic heterocycles. The summed E-state index contributed by atoms with van der Waals surface area (Å²) in [4.78, 5) is 6.79. The molecule has 1 fully saturated rings. The SMILES string of the molecule is CN1CCc2ccc(-c3cn(C)c4nccc(NS(=O)(=O)C5CCCC5)c34)cc21. The standard InChI is InChI=1S/C22H26N4O2S/c1-25-12-10-15-7-8-16(13-20(15)25)18-14-26(2)22-21(18)19(9-11-23-22)24-29(27,28)17-5-3-4-6-17/h7-9,11,13-14,17H,3-6,10,12H2,1-2H3,(H,23,24). The number of aromatic nitrogens is 2. The Bertz CT molecular complexity index is 1190. The topological polar surface area (TPSA) is 67.2 Å². The van der Waals surface area contributed by atoms with Gasteiger partial charge in [0, 0.05) is 44.3 Å². The smallest absolute Gasteiger partial charge is 0.235 e. The number of sulfonamides is 1. The lowest BCUT2D eigenvalue weighted by Crippen LogP contribution is -2.25. The number of rotatable bonds is 4. The number of hydrogen-bond donors (Lipinski definition) is 1. The van der Waals surface area contributed by atoms with Crippen LogP contribution >= 0.6 is 0 Å². The Kier molecular flexibility index (Phi) is 4.31. The molecule has 6 nitrogen and oxygen atoms in total. The molecule has 0 amide bonds. The first kappa shape index (κ1) is 18.5. The lowest BCUT2D eigenvalue weighted by Gasteiger charge is -2.15. The van der Waals surface area contributed by atoms with Crippen molar-refractivity contribution in [1.29, 1.82) is 0 Å². The Morgan fingerprint density at radius 2 is 1.93 bits per heavy atom. The Balaban J connectivity index is 1.63. The van der Waals surface area contributed by atoms with Crippen LogP contribution in [-0.4, -0.2) is 36.8 Å². The first-order valence-corrected chi connectivity index (χ1v) is 11.8. The van der Waals surface area contributed by atoms with E-state index in [4.69, 9.17) is 0 Å². The molecule has 5 rings (SSSR count). The molecule has 2 aliphatic rings. The van der Waals surface area contributed by atoms with Crippen LogP contribution in [0.4, 0.5) is 11.4 Å². The van der Waals surface area contributed by atoms with E-state index in [9.17, 15) is 8.42 Å². The van der Waals surface area contributed by atoms with Crippen LogP contribution < -0.4 is 9.62 Å². The molecule has 3 heterocycles. The highest BCUT2D eigenvalue weighted by molar-refractivity contribution is 7.93. The monoisotopic (exact) mass is 410 g/mol. The van der Waals surface area contributed by atoms with Gasteiger partial charge in [0.1, 0.15) is 5.65 Å². The lowest BCUT2D eigenvalue weighted by molar-refractivity contribution is 0.585. The number of pyridine rings is 1. The maximum Gasteiger partial charge on any atom is 0.235 e. The summed E-state index contributed by atoms with van der Waals surface area (Å²) in [6, 6.07) is 8.30. The average Bonchev–Trinajstić information content (AvgIpc) is 3.43. The summed E-state index contributed by atoms with van der Waals surface area (Å²) in [5, 5.41) is 0.559. The summed E-state index contributed by atoms with van der Waals surface area (Å²) in [5.41, 5.74) is 6.08. The lowest BCUT2D eigenvalue weighted by atomic mass is 10.0. The number of nitrogens with zero attached hydrogens (tertiary/aromatic N) is 3. The largest absolute Gasteiger partial charge is 0.374 e. The maximum absolute atomic E-state index is 13.0. The van der Waals surface area contributed by atoms with Crippen molar-refractivity contribution in [2.45, 2.75) is 37.4 Å². The van der Waals surface area contributed by atoms with Crippen molar-refractivity contribution in [3.8, 4) is 11.1 Å². The molecular formula is C22H26N4O2S. The minimum absolute atomic E-state index is 0.300. The quantitative estimate of drug-likeness (QED) is 0.708. The van der Waals surface area contributed by atoms with E-state index in [0.29, 0.717) is 5.69 Å². The minimum atomic E-state index is -3.41. The fourth-order valence-corrected chi connectivity index (χ4v) is 6.35. The Morgan fingerprint density at radius 3 is 2.72 bits per heavy atom. The van der Waals surface area contributed by atoms with Gasteiger partial charge in [-0.2, -0.15) is 0 Å². The van der Waals surface area contributed by atoms with Crippen LogP contribution in [0.5, 0.6) is 0 Å². The second-order valence-corrected chi connectivity index (χ2v) is 10.2. The van der Waals surface area contributed by atoms with Gasteiger partial charge in [0.2, 0.25) is 10.0 Å². The zero-order valence-corrected chi connectivity index (χ0v) is 17.7. The molecule has 1 N–H and O–H groups in total. The van der Waals surface area contributed by atoms with E-state index in [1.54, 1.807) is 12.3 Å². The number of benzene rings is 1. The zero-order valence-electron chi connectivity index (χ0n) is 16.9. The third kappa shape index (κ3) is 3.08. The van der Waals surface area contributed by atoms with Crippen molar-refractivity contribution in [3.05, 3.63) is 42.2 Å². The van der Waals surface area contributed by atoms with E-state index in [0.717, 1.165) is 60.8 Å². The molecule has 1 aromatic carbocycles. The van der Waals surface area contributed by atoms with Gasteiger partial charge in [-0.25, -0.2) is 13.4 Å². The van der Waals surface area contributed by atoms with Gasteiger partial charge in [-0.3, -0.25) is 4.72 Å². The first-order valence-electron chi connectivity index (χ1n) is 10.2. The fraction of sp³-hybridized carbons (Fsp3) is 0.409. The van der Waals surface area contributed by atoms with Gasteiger partial charge in [-0.15, -0.1) is 0 Å². The molecule has 0 unspecified atom stereocenters. The van der Waals surface area contributed by atoms with Gasteiger partial charge in [0.15, 0.2) is 0 Å². The van der Waals surface area contributed by atoms with Gasteiger partial charge in [0.25, 0.3) is 0 Å². The molecule has 2 aromatic heterocycles. The summed E-state index contributed by atoms with van der Waals surface area (Å²) in [7, 11) is 0.657. The van der Waals surface area contributed by atoms with Crippen molar-refractivity contribution in [2.24, 2.45) is 7.05 Å². The third-order valence-electron chi connectivity index (χ3n) is 6.37. The highest BCUT2D eigenvalue weighted by Gasteiger charge is 2.29. The summed E-state index contributed by atoms with van der Waals surface area (Å²) < 4.78 is 30.8. The summed E-state index contributed by atoms with van der Waals surface area (Å²) >= 11 is 0. The van der Waals surface area contributed by atoms with Gasteiger partial charge in [-0.1, -0.05) is 25.0 Å². The Morgan fingerprint density at radius 1 is 1.14 bits per heavy atom. The molecule has 1 saturated carbocycles. The molecule has 0 radical (unpaired) electrons. The number of aryl methyl sites for hydroxylation is 1. The predicted octanol–water partition coefficient (Wildman–Crippen LogP) is 3.92. The van der Waals surface area contributed by atoms with Crippen LogP contribution in [-0.2, 0) is 23.5 Å². The number of anilines is 2. The van der Waals surface area contributed by atoms with Crippen LogP contribution in [0, 0.1) is 0 Å². The van der Waals surface area contributed by atoms with E-state index in [1.807, 2.05) is 17.8 Å². The van der Waals surface area contributed by atoms with Crippen molar-refractivity contribution in [2.75, 3.05) is 23.2 Å². The van der Waals surface area contributed by atoms with E-state index in [2.05, 4.69) is 39.9 Å². The van der Waals surface area contributed by atoms with Gasteiger partial charge in [0.05, 0.1) is 16.3 Å². The second-order valence-electron chi connectivity index (χ2n) is 8.28. The van der Waals surface area contributed by atoms with Crippen LogP contribution in [0.25, 0.3) is 22.2 Å². The third-order valence-corrected chi connectivity index (χ3v) is 8.23. The highest BCUT2D eigenvalue weighted by atomic mass is 32.2. The number of likely N-dealkylation sites (N-methyl/N-ethyl adjacent to an activating group) is 1. The summed E-state index contributed by atoms with van der Waals surface area (Å²) in [5.74, 6) is 0. The van der Waals surface area contributed by atoms with Crippen LogP contribution in [0.1, 0.15) is 31.2 Å². The highest BCUT2D eigenvalue weighted by Crippen LogP contribution is 2.39. The van der Waals surface area contributed by atoms with Crippen LogP contribution in [0.2, 0.25) is 0 Å². The number of fused-ring (bicyclic) bond motifs is 2. The molecule has 1 aliphatic carbocycles. The maximum atomic E-state index is 13.0. The molecule has 3 aromatic rings. The number of nitrogens with one attached hydrogen (secondary N) is 1. The fourth-order valence-electron chi connectivity index (χ4n) is 4.75. The molecule has 0 spiro atoms. The van der Waals surface area contributed by atoms with Crippen molar-refractivity contribution >= 4 is 32.4 Å². The molecule has 29 heavy (non-hydrogen) atoms. The van der Waals surface area contributed by atoms with E-state index < -0.39 is 10.0 Å². The van der Waals surface area contributed by atoms with Crippen molar-refractivity contribution in [3.63, 3.8) is 0 Å². The van der Waals surface area contributed by atoms with E-state index in [1.165, 1.54) is 11.3 Å². The summed E-state index contributed by atoms with van der Waals surface area (Å²) in [6.07, 6.45) is 8.23.